The molecule has 4 rings (SSSR count). The smallest absolute Gasteiger partial charge is 0.335 e. The van der Waals surface area contributed by atoms with Crippen LogP contribution in [0.2, 0.25) is 5.02 Å². The lowest BCUT2D eigenvalue weighted by atomic mass is 9.99. The fraction of sp³-hybridized carbons (Fsp3) is 0.125. The van der Waals surface area contributed by atoms with Gasteiger partial charge in [-0.3, -0.25) is 14.9 Å². The summed E-state index contributed by atoms with van der Waals surface area (Å²) >= 11 is 6.19. The maximum atomic E-state index is 13.2. The highest BCUT2D eigenvalue weighted by molar-refractivity contribution is 6.42. The van der Waals surface area contributed by atoms with Crippen molar-refractivity contribution in [2.24, 2.45) is 0 Å². The minimum Gasteiger partial charge on any atom is -0.493 e. The van der Waals surface area contributed by atoms with Crippen LogP contribution < -0.4 is 15.0 Å². The molecular weight excluding hydrogens is 416 g/mol. The van der Waals surface area contributed by atoms with E-state index in [1.165, 1.54) is 6.08 Å². The first kappa shape index (κ1) is 20.6. The number of hydrogen-bond acceptors (Lipinski definition) is 4. The summed E-state index contributed by atoms with van der Waals surface area (Å²) in [6.45, 7) is 2.48. The summed E-state index contributed by atoms with van der Waals surface area (Å²) in [6, 6.07) is 16.9. The Bertz CT molecular complexity index is 1240. The predicted molar refractivity (Wildman–Crippen MR) is 120 cm³/mol. The number of nitrogens with zero attached hydrogens (tertiary/aromatic N) is 1. The van der Waals surface area contributed by atoms with Gasteiger partial charge in [-0.15, -0.1) is 0 Å². The van der Waals surface area contributed by atoms with Crippen molar-refractivity contribution in [1.82, 2.24) is 5.32 Å². The van der Waals surface area contributed by atoms with E-state index in [-0.39, 0.29) is 16.3 Å². The van der Waals surface area contributed by atoms with Crippen molar-refractivity contribution in [2.75, 3.05) is 11.5 Å². The molecule has 6 nitrogen and oxygen atoms in total. The summed E-state index contributed by atoms with van der Waals surface area (Å²) in [5, 5.41) is 4.20. The molecule has 7 heteroatoms. The van der Waals surface area contributed by atoms with Crippen LogP contribution in [0.3, 0.4) is 0 Å². The number of amides is 4. The van der Waals surface area contributed by atoms with Crippen molar-refractivity contribution < 1.29 is 19.1 Å². The summed E-state index contributed by atoms with van der Waals surface area (Å²) < 4.78 is 5.87. The lowest BCUT2D eigenvalue weighted by Gasteiger charge is -2.27. The molecule has 31 heavy (non-hydrogen) atoms. The quantitative estimate of drug-likeness (QED) is 0.455. The second-order valence-corrected chi connectivity index (χ2v) is 7.36. The number of rotatable bonds is 5. The van der Waals surface area contributed by atoms with Crippen molar-refractivity contribution >= 4 is 52.0 Å². The molecule has 0 aliphatic carbocycles. The molecular formula is C24H19ClN2O4. The number of carbonyl (C=O) groups excluding carboxylic acids is 3. The van der Waals surface area contributed by atoms with Gasteiger partial charge in [0.2, 0.25) is 0 Å². The number of urea groups is 1. The number of hydrogen-bond donors (Lipinski definition) is 1. The van der Waals surface area contributed by atoms with Crippen molar-refractivity contribution in [2.45, 2.75) is 13.3 Å². The molecule has 1 N–H and O–H groups in total. The molecule has 3 aromatic carbocycles. The summed E-state index contributed by atoms with van der Waals surface area (Å²) in [7, 11) is 0. The fourth-order valence-electron chi connectivity index (χ4n) is 3.42. The zero-order chi connectivity index (χ0) is 22.0. The molecule has 0 unspecified atom stereocenters. The SMILES string of the molecule is CCCOc1ccc2ccccc2c1/C=C1\C(=O)NC(=O)N(c2ccccc2Cl)C1=O. The third-order valence-electron chi connectivity index (χ3n) is 4.88. The first-order valence-electron chi connectivity index (χ1n) is 9.81. The van der Waals surface area contributed by atoms with Gasteiger partial charge in [0.05, 0.1) is 17.3 Å². The number of ether oxygens (including phenoxy) is 1. The summed E-state index contributed by atoms with van der Waals surface area (Å²) in [6.07, 6.45) is 2.28. The molecule has 0 spiro atoms. The van der Waals surface area contributed by atoms with E-state index >= 15 is 0 Å². The Morgan fingerprint density at radius 2 is 1.74 bits per heavy atom. The van der Waals surface area contributed by atoms with E-state index in [0.29, 0.717) is 17.9 Å². The van der Waals surface area contributed by atoms with Crippen molar-refractivity contribution in [1.29, 1.82) is 0 Å². The summed E-state index contributed by atoms with van der Waals surface area (Å²) in [5.41, 5.74) is 0.612. The van der Waals surface area contributed by atoms with Crippen LogP contribution >= 0.6 is 11.6 Å². The van der Waals surface area contributed by atoms with Crippen LogP contribution in [-0.2, 0) is 9.59 Å². The molecule has 1 aliphatic heterocycles. The van der Waals surface area contributed by atoms with E-state index in [1.807, 2.05) is 43.3 Å². The summed E-state index contributed by atoms with van der Waals surface area (Å²) in [4.78, 5) is 39.2. The van der Waals surface area contributed by atoms with Crippen LogP contribution in [-0.4, -0.2) is 24.5 Å². The fourth-order valence-corrected chi connectivity index (χ4v) is 3.64. The maximum absolute atomic E-state index is 13.2. The van der Waals surface area contributed by atoms with E-state index in [1.54, 1.807) is 24.3 Å². The van der Waals surface area contributed by atoms with Crippen molar-refractivity contribution in [3.8, 4) is 5.75 Å². The van der Waals surface area contributed by atoms with E-state index in [4.69, 9.17) is 16.3 Å². The molecule has 4 amide bonds. The minimum atomic E-state index is -0.847. The number of anilines is 1. The van der Waals surface area contributed by atoms with E-state index in [2.05, 4.69) is 5.32 Å². The number of nitrogens with one attached hydrogen (secondary N) is 1. The second kappa shape index (κ2) is 8.62. The monoisotopic (exact) mass is 434 g/mol. The number of para-hydroxylation sites is 1. The summed E-state index contributed by atoms with van der Waals surface area (Å²) in [5.74, 6) is -0.973. The Kier molecular flexibility index (Phi) is 5.73. The predicted octanol–water partition coefficient (Wildman–Crippen LogP) is 4.95. The maximum Gasteiger partial charge on any atom is 0.335 e. The third-order valence-corrected chi connectivity index (χ3v) is 5.20. The van der Waals surface area contributed by atoms with Crippen molar-refractivity contribution in [3.63, 3.8) is 0 Å². The van der Waals surface area contributed by atoms with Crippen LogP contribution in [0.5, 0.6) is 5.75 Å². The number of benzene rings is 3. The molecule has 3 aromatic rings. The van der Waals surface area contributed by atoms with Gasteiger partial charge in [-0.25, -0.2) is 9.69 Å². The lowest BCUT2D eigenvalue weighted by Crippen LogP contribution is -2.54. The number of carbonyl (C=O) groups is 3. The molecule has 0 aromatic heterocycles. The Morgan fingerprint density at radius 3 is 2.52 bits per heavy atom. The van der Waals surface area contributed by atoms with Gasteiger partial charge < -0.3 is 4.74 Å². The van der Waals surface area contributed by atoms with E-state index in [9.17, 15) is 14.4 Å². The molecule has 1 fully saturated rings. The Morgan fingerprint density at radius 1 is 1.00 bits per heavy atom. The van der Waals surface area contributed by atoms with Crippen LogP contribution in [0.4, 0.5) is 10.5 Å². The van der Waals surface area contributed by atoms with Crippen LogP contribution in [0, 0.1) is 0 Å². The number of halogens is 1. The van der Waals surface area contributed by atoms with Gasteiger partial charge >= 0.3 is 6.03 Å². The molecule has 0 atom stereocenters. The van der Waals surface area contributed by atoms with Gasteiger partial charge in [0.1, 0.15) is 11.3 Å². The molecule has 0 bridgehead atoms. The largest absolute Gasteiger partial charge is 0.493 e. The van der Waals surface area contributed by atoms with Crippen LogP contribution in [0.15, 0.2) is 66.2 Å². The molecule has 1 aliphatic rings. The Labute approximate surface area is 184 Å². The zero-order valence-electron chi connectivity index (χ0n) is 16.7. The third kappa shape index (κ3) is 3.90. The standard InChI is InChI=1S/C24H19ClN2O4/c1-2-13-31-21-12-11-15-7-3-4-8-16(15)17(21)14-18-22(28)26-24(30)27(23(18)29)20-10-6-5-9-19(20)25/h3-12,14H,2,13H2,1H3,(H,26,28,30)/b18-14+. The average molecular weight is 435 g/mol. The van der Waals surface area contributed by atoms with Gasteiger partial charge in [-0.1, -0.05) is 61.0 Å². The second-order valence-electron chi connectivity index (χ2n) is 6.96. The average Bonchev–Trinajstić information content (AvgIpc) is 2.76. The van der Waals surface area contributed by atoms with Gasteiger partial charge in [0.25, 0.3) is 11.8 Å². The Hall–Kier alpha value is -3.64. The van der Waals surface area contributed by atoms with E-state index < -0.39 is 17.8 Å². The van der Waals surface area contributed by atoms with Gasteiger partial charge in [0, 0.05) is 5.56 Å². The molecule has 0 saturated carbocycles. The highest BCUT2D eigenvalue weighted by Crippen LogP contribution is 2.33. The first-order chi connectivity index (χ1) is 15.0. The van der Waals surface area contributed by atoms with Crippen LogP contribution in [0.25, 0.3) is 16.8 Å². The topological polar surface area (TPSA) is 75.7 Å². The first-order valence-corrected chi connectivity index (χ1v) is 10.2. The highest BCUT2D eigenvalue weighted by Gasteiger charge is 2.37. The molecule has 0 radical (unpaired) electrons. The van der Waals surface area contributed by atoms with Gasteiger partial charge in [-0.05, 0) is 41.5 Å². The minimum absolute atomic E-state index is 0.183. The highest BCUT2D eigenvalue weighted by atomic mass is 35.5. The number of barbiturate groups is 1. The number of fused-ring (bicyclic) bond motifs is 1. The normalized spacial score (nSPS) is 15.5. The molecule has 1 heterocycles. The van der Waals surface area contributed by atoms with Gasteiger partial charge in [-0.2, -0.15) is 0 Å². The number of imide groups is 2. The molecule has 1 saturated heterocycles. The van der Waals surface area contributed by atoms with Gasteiger partial charge in [0.15, 0.2) is 0 Å². The van der Waals surface area contributed by atoms with Crippen LogP contribution in [0.1, 0.15) is 18.9 Å². The van der Waals surface area contributed by atoms with Crippen molar-refractivity contribution in [3.05, 3.63) is 76.8 Å². The van der Waals surface area contributed by atoms with E-state index in [0.717, 1.165) is 22.1 Å². The Balaban J connectivity index is 1.86. The molecule has 156 valence electrons. The zero-order valence-corrected chi connectivity index (χ0v) is 17.5. The lowest BCUT2D eigenvalue weighted by molar-refractivity contribution is -0.122.